The zero-order valence-electron chi connectivity index (χ0n) is 9.91. The molecule has 1 unspecified atom stereocenters. The van der Waals surface area contributed by atoms with Crippen LogP contribution in [0.5, 0.6) is 0 Å². The fourth-order valence-electron chi connectivity index (χ4n) is 2.66. The van der Waals surface area contributed by atoms with Crippen LogP contribution in [0.4, 0.5) is 10.1 Å². The van der Waals surface area contributed by atoms with Crippen molar-refractivity contribution in [3.63, 3.8) is 0 Å². The molecule has 1 aliphatic rings. The van der Waals surface area contributed by atoms with Crippen molar-refractivity contribution >= 4 is 5.69 Å². The van der Waals surface area contributed by atoms with Crippen LogP contribution in [0.1, 0.15) is 20.3 Å². The predicted molar refractivity (Wildman–Crippen MR) is 65.0 cm³/mol. The third kappa shape index (κ3) is 1.80. The van der Waals surface area contributed by atoms with Gasteiger partial charge >= 0.3 is 0 Å². The molecule has 1 saturated heterocycles. The summed E-state index contributed by atoms with van der Waals surface area (Å²) in [6.07, 6.45) is 1.08. The minimum Gasteiger partial charge on any atom is -0.366 e. The average molecular weight is 222 g/mol. The van der Waals surface area contributed by atoms with E-state index in [4.69, 9.17) is 5.73 Å². The molecule has 2 rings (SSSR count). The molecule has 0 spiro atoms. The van der Waals surface area contributed by atoms with E-state index in [0.717, 1.165) is 18.7 Å². The maximum absolute atomic E-state index is 13.2. The largest absolute Gasteiger partial charge is 0.366 e. The molecule has 0 radical (unpaired) electrons. The molecule has 2 nitrogen and oxygen atoms in total. The van der Waals surface area contributed by atoms with Crippen LogP contribution in [-0.4, -0.2) is 18.6 Å². The zero-order valence-corrected chi connectivity index (χ0v) is 9.91. The van der Waals surface area contributed by atoms with Crippen LogP contribution in [0.3, 0.4) is 0 Å². The number of benzene rings is 1. The van der Waals surface area contributed by atoms with Gasteiger partial charge < -0.3 is 10.6 Å². The number of rotatable bonds is 2. The van der Waals surface area contributed by atoms with Crippen LogP contribution in [-0.2, 0) is 0 Å². The van der Waals surface area contributed by atoms with Gasteiger partial charge in [0.1, 0.15) is 5.82 Å². The summed E-state index contributed by atoms with van der Waals surface area (Å²) in [4.78, 5) is 2.26. The smallest absolute Gasteiger partial charge is 0.125 e. The topological polar surface area (TPSA) is 29.3 Å². The molecular weight excluding hydrogens is 203 g/mol. The molecule has 88 valence electrons. The van der Waals surface area contributed by atoms with Crippen molar-refractivity contribution in [2.45, 2.75) is 25.8 Å². The van der Waals surface area contributed by atoms with E-state index in [1.54, 1.807) is 12.1 Å². The van der Waals surface area contributed by atoms with Crippen molar-refractivity contribution in [1.29, 1.82) is 0 Å². The van der Waals surface area contributed by atoms with Gasteiger partial charge in [-0.25, -0.2) is 4.39 Å². The molecule has 0 aliphatic carbocycles. The minimum atomic E-state index is -0.176. The van der Waals surface area contributed by atoms with Crippen molar-refractivity contribution in [3.05, 3.63) is 30.1 Å². The summed E-state index contributed by atoms with van der Waals surface area (Å²) in [6.45, 7) is 6.02. The van der Waals surface area contributed by atoms with E-state index in [9.17, 15) is 4.39 Å². The third-order valence-corrected chi connectivity index (χ3v) is 3.80. The fraction of sp³-hybridized carbons (Fsp3) is 0.538. The second-order valence-corrected chi connectivity index (χ2v) is 5.01. The van der Waals surface area contributed by atoms with E-state index < -0.39 is 0 Å². The van der Waals surface area contributed by atoms with Crippen molar-refractivity contribution < 1.29 is 4.39 Å². The molecule has 0 bridgehead atoms. The molecule has 1 aliphatic heterocycles. The van der Waals surface area contributed by atoms with Crippen LogP contribution in [0, 0.1) is 11.7 Å². The number of halogens is 1. The zero-order chi connectivity index (χ0) is 11.8. The Kier molecular flexibility index (Phi) is 2.89. The molecule has 16 heavy (non-hydrogen) atoms. The summed E-state index contributed by atoms with van der Waals surface area (Å²) in [7, 11) is 0. The predicted octanol–water partition coefficient (Wildman–Crippen LogP) is 2.39. The van der Waals surface area contributed by atoms with Crippen LogP contribution in [0.25, 0.3) is 0 Å². The number of hydrogen-bond acceptors (Lipinski definition) is 2. The molecule has 1 atom stereocenters. The summed E-state index contributed by atoms with van der Waals surface area (Å²) >= 11 is 0. The van der Waals surface area contributed by atoms with Crippen LogP contribution >= 0.6 is 0 Å². The first-order valence-corrected chi connectivity index (χ1v) is 5.79. The number of nitrogens with zero attached hydrogens (tertiary/aromatic N) is 1. The molecular formula is C13H19FN2. The van der Waals surface area contributed by atoms with E-state index in [-0.39, 0.29) is 11.4 Å². The normalized spacial score (nSPS) is 23.8. The lowest BCUT2D eigenvalue weighted by Gasteiger charge is -2.37. The Morgan fingerprint density at radius 3 is 2.81 bits per heavy atom. The summed E-state index contributed by atoms with van der Waals surface area (Å²) in [6, 6.07) is 6.80. The van der Waals surface area contributed by atoms with E-state index in [0.29, 0.717) is 12.5 Å². The fourth-order valence-corrected chi connectivity index (χ4v) is 2.66. The number of anilines is 1. The molecule has 2 N–H and O–H groups in total. The van der Waals surface area contributed by atoms with Gasteiger partial charge in [0.15, 0.2) is 0 Å². The van der Waals surface area contributed by atoms with Gasteiger partial charge in [0.05, 0.1) is 0 Å². The van der Waals surface area contributed by atoms with Crippen molar-refractivity contribution in [2.24, 2.45) is 11.7 Å². The second kappa shape index (κ2) is 4.06. The van der Waals surface area contributed by atoms with Crippen LogP contribution in [0.15, 0.2) is 24.3 Å². The molecule has 3 heteroatoms. The van der Waals surface area contributed by atoms with Gasteiger partial charge in [-0.1, -0.05) is 6.07 Å². The number of nitrogens with two attached hydrogens (primary N) is 1. The first kappa shape index (κ1) is 11.4. The van der Waals surface area contributed by atoms with Gasteiger partial charge in [0, 0.05) is 17.8 Å². The molecule has 1 aromatic carbocycles. The van der Waals surface area contributed by atoms with Gasteiger partial charge in [-0.15, -0.1) is 0 Å². The Morgan fingerprint density at radius 1 is 1.50 bits per heavy atom. The Hall–Kier alpha value is -1.09. The van der Waals surface area contributed by atoms with Gasteiger partial charge in [0.25, 0.3) is 0 Å². The van der Waals surface area contributed by atoms with Gasteiger partial charge in [-0.2, -0.15) is 0 Å². The standard InChI is InChI=1S/C13H19FN2/c1-13(2)10(9-15)6-7-16(13)12-5-3-4-11(14)8-12/h3-5,8,10H,6-7,9,15H2,1-2H3. The van der Waals surface area contributed by atoms with Crippen molar-refractivity contribution in [3.8, 4) is 0 Å². The quantitative estimate of drug-likeness (QED) is 0.832. The van der Waals surface area contributed by atoms with Crippen molar-refractivity contribution in [2.75, 3.05) is 18.0 Å². The first-order valence-electron chi connectivity index (χ1n) is 5.79. The molecule has 0 amide bonds. The Labute approximate surface area is 96.2 Å². The molecule has 0 aromatic heterocycles. The summed E-state index contributed by atoms with van der Waals surface area (Å²) < 4.78 is 13.2. The summed E-state index contributed by atoms with van der Waals surface area (Å²) in [5.41, 5.74) is 6.75. The molecule has 1 heterocycles. The average Bonchev–Trinajstić information content (AvgIpc) is 2.53. The SMILES string of the molecule is CC1(C)C(CN)CCN1c1cccc(F)c1. The van der Waals surface area contributed by atoms with Crippen LogP contribution in [0.2, 0.25) is 0 Å². The van der Waals surface area contributed by atoms with Gasteiger partial charge in [-0.05, 0) is 50.9 Å². The third-order valence-electron chi connectivity index (χ3n) is 3.80. The highest BCUT2D eigenvalue weighted by Crippen LogP contribution is 2.37. The highest BCUT2D eigenvalue weighted by Gasteiger charge is 2.40. The van der Waals surface area contributed by atoms with E-state index in [1.165, 1.54) is 6.07 Å². The van der Waals surface area contributed by atoms with E-state index in [1.807, 2.05) is 6.07 Å². The highest BCUT2D eigenvalue weighted by molar-refractivity contribution is 5.50. The van der Waals surface area contributed by atoms with Gasteiger partial charge in [0.2, 0.25) is 0 Å². The molecule has 1 fully saturated rings. The van der Waals surface area contributed by atoms with Gasteiger partial charge in [-0.3, -0.25) is 0 Å². The lowest BCUT2D eigenvalue weighted by molar-refractivity contribution is 0.373. The molecule has 0 saturated carbocycles. The van der Waals surface area contributed by atoms with Crippen LogP contribution < -0.4 is 10.6 Å². The Bertz CT molecular complexity index is 376. The maximum atomic E-state index is 13.2. The Morgan fingerprint density at radius 2 is 2.25 bits per heavy atom. The monoisotopic (exact) mass is 222 g/mol. The second-order valence-electron chi connectivity index (χ2n) is 5.01. The van der Waals surface area contributed by atoms with Crippen molar-refractivity contribution in [1.82, 2.24) is 0 Å². The summed E-state index contributed by atoms with van der Waals surface area (Å²) in [5.74, 6) is 0.306. The maximum Gasteiger partial charge on any atom is 0.125 e. The number of hydrogen-bond donors (Lipinski definition) is 1. The Balaban J connectivity index is 2.29. The summed E-state index contributed by atoms with van der Waals surface area (Å²) in [5, 5.41) is 0. The highest BCUT2D eigenvalue weighted by atomic mass is 19.1. The first-order chi connectivity index (χ1) is 7.55. The lowest BCUT2D eigenvalue weighted by Crippen LogP contribution is -2.44. The lowest BCUT2D eigenvalue weighted by atomic mass is 9.88. The van der Waals surface area contributed by atoms with E-state index >= 15 is 0 Å². The molecule has 1 aromatic rings. The van der Waals surface area contributed by atoms with E-state index in [2.05, 4.69) is 18.7 Å². The minimum absolute atomic E-state index is 0.0164.